The highest BCUT2D eigenvalue weighted by atomic mass is 35.5. The minimum absolute atomic E-state index is 0.0332. The Morgan fingerprint density at radius 3 is 2.60 bits per heavy atom. The minimum atomic E-state index is -0.0332. The van der Waals surface area contributed by atoms with E-state index in [1.54, 1.807) is 0 Å². The summed E-state index contributed by atoms with van der Waals surface area (Å²) in [6, 6.07) is 0.402. The van der Waals surface area contributed by atoms with Gasteiger partial charge in [-0.05, 0) is 20.3 Å². The highest BCUT2D eigenvalue weighted by Gasteiger charge is 2.16. The Hall–Kier alpha value is -0.320. The molecule has 0 amide bonds. The lowest BCUT2D eigenvalue weighted by Crippen LogP contribution is -2.31. The number of nitrogens with zero attached hydrogens (tertiary/aromatic N) is 2. The van der Waals surface area contributed by atoms with Crippen LogP contribution in [0.2, 0.25) is 5.15 Å². The molecular weight excluding hydrogens is 232 g/mol. The molecule has 0 aromatic carbocycles. The molecule has 15 heavy (non-hydrogen) atoms. The predicted molar refractivity (Wildman–Crippen MR) is 65.8 cm³/mol. The van der Waals surface area contributed by atoms with Gasteiger partial charge in [-0.2, -0.15) is 0 Å². The third-order valence-corrected chi connectivity index (χ3v) is 3.62. The van der Waals surface area contributed by atoms with Gasteiger partial charge in [-0.25, -0.2) is 4.98 Å². The number of thiazole rings is 1. The van der Waals surface area contributed by atoms with Crippen LogP contribution in [0.3, 0.4) is 0 Å². The summed E-state index contributed by atoms with van der Waals surface area (Å²) in [6.07, 6.45) is 1.07. The van der Waals surface area contributed by atoms with Gasteiger partial charge in [0.15, 0.2) is 5.13 Å². The standard InChI is InChI=1S/C10H17ClN2OS/c1-4-5-13(7(2)3)10-12-9(11)8(6-14)15-10/h7,14H,4-6H2,1-3H3. The fraction of sp³-hybridized carbons (Fsp3) is 0.700. The van der Waals surface area contributed by atoms with Crippen LogP contribution in [0.5, 0.6) is 0 Å². The van der Waals surface area contributed by atoms with Gasteiger partial charge in [0.05, 0.1) is 11.5 Å². The number of aliphatic hydroxyl groups excluding tert-OH is 1. The molecule has 86 valence electrons. The zero-order chi connectivity index (χ0) is 11.4. The van der Waals surface area contributed by atoms with Crippen molar-refractivity contribution in [3.05, 3.63) is 10.0 Å². The van der Waals surface area contributed by atoms with Crippen molar-refractivity contribution in [2.45, 2.75) is 39.8 Å². The molecule has 0 unspecified atom stereocenters. The zero-order valence-corrected chi connectivity index (χ0v) is 10.9. The van der Waals surface area contributed by atoms with Crippen LogP contribution in [-0.4, -0.2) is 22.7 Å². The van der Waals surface area contributed by atoms with E-state index in [0.717, 1.165) is 23.0 Å². The van der Waals surface area contributed by atoms with Gasteiger partial charge in [-0.15, -0.1) is 0 Å². The number of halogens is 1. The minimum Gasteiger partial charge on any atom is -0.391 e. The molecule has 1 rings (SSSR count). The summed E-state index contributed by atoms with van der Waals surface area (Å²) in [6.45, 7) is 7.33. The molecule has 0 aliphatic rings. The molecule has 1 N–H and O–H groups in total. The molecule has 0 bridgehead atoms. The molecular formula is C10H17ClN2OS. The van der Waals surface area contributed by atoms with E-state index in [1.807, 2.05) is 0 Å². The van der Waals surface area contributed by atoms with Crippen molar-refractivity contribution in [1.82, 2.24) is 4.98 Å². The van der Waals surface area contributed by atoms with Crippen molar-refractivity contribution in [2.24, 2.45) is 0 Å². The van der Waals surface area contributed by atoms with Crippen LogP contribution in [0.25, 0.3) is 0 Å². The molecule has 0 saturated carbocycles. The molecule has 0 saturated heterocycles. The summed E-state index contributed by atoms with van der Waals surface area (Å²) in [5.74, 6) is 0. The van der Waals surface area contributed by atoms with Gasteiger partial charge in [0.1, 0.15) is 5.15 Å². The smallest absolute Gasteiger partial charge is 0.187 e. The molecule has 0 aliphatic carbocycles. The quantitative estimate of drug-likeness (QED) is 0.871. The van der Waals surface area contributed by atoms with Crippen LogP contribution in [0, 0.1) is 0 Å². The second kappa shape index (κ2) is 5.68. The highest BCUT2D eigenvalue weighted by Crippen LogP contribution is 2.30. The number of anilines is 1. The third kappa shape index (κ3) is 3.06. The fourth-order valence-electron chi connectivity index (χ4n) is 1.36. The molecule has 3 nitrogen and oxygen atoms in total. The highest BCUT2D eigenvalue weighted by molar-refractivity contribution is 7.16. The maximum absolute atomic E-state index is 9.05. The van der Waals surface area contributed by atoms with Crippen LogP contribution in [0.1, 0.15) is 32.1 Å². The van der Waals surface area contributed by atoms with Gasteiger partial charge >= 0.3 is 0 Å². The normalized spacial score (nSPS) is 11.1. The summed E-state index contributed by atoms with van der Waals surface area (Å²) in [5.41, 5.74) is 0. The maximum atomic E-state index is 9.05. The van der Waals surface area contributed by atoms with Gasteiger partial charge in [0.2, 0.25) is 0 Å². The van der Waals surface area contributed by atoms with Crippen LogP contribution in [-0.2, 0) is 6.61 Å². The molecule has 0 fully saturated rings. The Morgan fingerprint density at radius 1 is 1.53 bits per heavy atom. The van der Waals surface area contributed by atoms with E-state index in [9.17, 15) is 0 Å². The Bertz CT molecular complexity index is 314. The van der Waals surface area contributed by atoms with Crippen molar-refractivity contribution in [1.29, 1.82) is 0 Å². The zero-order valence-electron chi connectivity index (χ0n) is 9.33. The van der Waals surface area contributed by atoms with E-state index in [-0.39, 0.29) is 6.61 Å². The van der Waals surface area contributed by atoms with E-state index in [2.05, 4.69) is 30.7 Å². The van der Waals surface area contributed by atoms with Crippen molar-refractivity contribution in [3.8, 4) is 0 Å². The molecule has 5 heteroatoms. The molecule has 1 aromatic rings. The van der Waals surface area contributed by atoms with Crippen LogP contribution >= 0.6 is 22.9 Å². The second-order valence-electron chi connectivity index (χ2n) is 3.66. The van der Waals surface area contributed by atoms with E-state index >= 15 is 0 Å². The Labute approximate surface area is 99.7 Å². The van der Waals surface area contributed by atoms with Gasteiger partial charge < -0.3 is 10.0 Å². The van der Waals surface area contributed by atoms with Gasteiger partial charge in [0, 0.05) is 12.6 Å². The molecule has 0 radical (unpaired) electrons. The Morgan fingerprint density at radius 2 is 2.20 bits per heavy atom. The number of aliphatic hydroxyl groups is 1. The SMILES string of the molecule is CCCN(c1nc(Cl)c(CO)s1)C(C)C. The van der Waals surface area contributed by atoms with E-state index < -0.39 is 0 Å². The van der Waals surface area contributed by atoms with E-state index in [0.29, 0.717) is 11.2 Å². The molecule has 0 aliphatic heterocycles. The molecule has 0 atom stereocenters. The summed E-state index contributed by atoms with van der Waals surface area (Å²) in [4.78, 5) is 7.22. The Balaban J connectivity index is 2.90. The van der Waals surface area contributed by atoms with Gasteiger partial charge in [-0.3, -0.25) is 0 Å². The number of rotatable bonds is 5. The number of aromatic nitrogens is 1. The number of hydrogen-bond acceptors (Lipinski definition) is 4. The first-order valence-corrected chi connectivity index (χ1v) is 6.32. The molecule has 1 aromatic heterocycles. The topological polar surface area (TPSA) is 36.4 Å². The van der Waals surface area contributed by atoms with Gasteiger partial charge in [-0.1, -0.05) is 29.9 Å². The maximum Gasteiger partial charge on any atom is 0.187 e. The van der Waals surface area contributed by atoms with Crippen molar-refractivity contribution >= 4 is 28.1 Å². The second-order valence-corrected chi connectivity index (χ2v) is 5.08. The molecule has 1 heterocycles. The van der Waals surface area contributed by atoms with Crippen molar-refractivity contribution in [2.75, 3.05) is 11.4 Å². The lowest BCUT2D eigenvalue weighted by atomic mass is 10.3. The lowest BCUT2D eigenvalue weighted by Gasteiger charge is -2.25. The van der Waals surface area contributed by atoms with E-state index in [1.165, 1.54) is 11.3 Å². The van der Waals surface area contributed by atoms with Crippen molar-refractivity contribution < 1.29 is 5.11 Å². The summed E-state index contributed by atoms with van der Waals surface area (Å²) >= 11 is 7.38. The fourth-order valence-corrected chi connectivity index (χ4v) is 2.63. The summed E-state index contributed by atoms with van der Waals surface area (Å²) in [7, 11) is 0. The summed E-state index contributed by atoms with van der Waals surface area (Å²) < 4.78 is 0. The monoisotopic (exact) mass is 248 g/mol. The van der Waals surface area contributed by atoms with Crippen LogP contribution in [0.4, 0.5) is 5.13 Å². The first-order chi connectivity index (χ1) is 7.10. The largest absolute Gasteiger partial charge is 0.391 e. The average molecular weight is 249 g/mol. The lowest BCUT2D eigenvalue weighted by molar-refractivity contribution is 0.285. The van der Waals surface area contributed by atoms with E-state index in [4.69, 9.17) is 16.7 Å². The van der Waals surface area contributed by atoms with Crippen molar-refractivity contribution in [3.63, 3.8) is 0 Å². The first kappa shape index (κ1) is 12.7. The van der Waals surface area contributed by atoms with Crippen LogP contribution < -0.4 is 4.90 Å². The average Bonchev–Trinajstić information content (AvgIpc) is 2.55. The van der Waals surface area contributed by atoms with Gasteiger partial charge in [0.25, 0.3) is 0 Å². The predicted octanol–water partition coefficient (Wildman–Crippen LogP) is 2.91. The Kier molecular flexibility index (Phi) is 4.83. The molecule has 0 spiro atoms. The number of hydrogen-bond donors (Lipinski definition) is 1. The third-order valence-electron chi connectivity index (χ3n) is 2.12. The first-order valence-electron chi connectivity index (χ1n) is 5.12. The summed E-state index contributed by atoms with van der Waals surface area (Å²) in [5, 5.41) is 10.4. The van der Waals surface area contributed by atoms with Crippen LogP contribution in [0.15, 0.2) is 0 Å².